The second-order valence-electron chi connectivity index (χ2n) is 2.89. The molecule has 0 radical (unpaired) electrons. The van der Waals surface area contributed by atoms with Crippen molar-refractivity contribution < 1.29 is 17.5 Å². The van der Waals surface area contributed by atoms with Gasteiger partial charge in [0.05, 0.1) is 6.61 Å². The van der Waals surface area contributed by atoms with Gasteiger partial charge in [0.2, 0.25) is 0 Å². The van der Waals surface area contributed by atoms with E-state index in [4.69, 9.17) is 15.4 Å². The third kappa shape index (κ3) is 1.46. The zero-order valence-electron chi connectivity index (χ0n) is 6.96. The van der Waals surface area contributed by atoms with Gasteiger partial charge in [-0.25, -0.2) is 12.8 Å². The molecule has 0 atom stereocenters. The molecular weight excluding hydrogens is 231 g/mol. The highest BCUT2D eigenvalue weighted by atomic mass is 35.7. The Kier molecular flexibility index (Phi) is 2.16. The molecule has 2 rings (SSSR count). The summed E-state index contributed by atoms with van der Waals surface area (Å²) in [6.07, 6.45) is 0.369. The fraction of sp³-hybridized carbons (Fsp3) is 0.250. The quantitative estimate of drug-likeness (QED) is 0.697. The van der Waals surface area contributed by atoms with Gasteiger partial charge >= 0.3 is 0 Å². The molecule has 14 heavy (non-hydrogen) atoms. The maximum absolute atomic E-state index is 13.2. The summed E-state index contributed by atoms with van der Waals surface area (Å²) in [6.45, 7) is 0.359. The molecule has 1 aliphatic rings. The first-order chi connectivity index (χ1) is 6.50. The van der Waals surface area contributed by atoms with E-state index in [1.54, 1.807) is 0 Å². The van der Waals surface area contributed by atoms with Crippen LogP contribution in [0.1, 0.15) is 5.56 Å². The van der Waals surface area contributed by atoms with Crippen molar-refractivity contribution in [1.29, 1.82) is 0 Å². The average Bonchev–Trinajstić information content (AvgIpc) is 2.48. The maximum Gasteiger partial charge on any atom is 0.264 e. The molecule has 6 heteroatoms. The summed E-state index contributed by atoms with van der Waals surface area (Å²) in [6, 6.07) is 2.45. The Morgan fingerprint density at radius 3 is 2.79 bits per heavy atom. The Hall–Kier alpha value is -0.810. The predicted octanol–water partition coefficient (Wildman–Crippen LogP) is 1.69. The number of fused-ring (bicyclic) bond motifs is 1. The SMILES string of the molecule is O=S(=O)(Cl)c1c(F)ccc2c1CCO2. The molecule has 0 aromatic heterocycles. The van der Waals surface area contributed by atoms with Gasteiger partial charge in [-0.15, -0.1) is 0 Å². The van der Waals surface area contributed by atoms with Crippen molar-refractivity contribution in [1.82, 2.24) is 0 Å². The van der Waals surface area contributed by atoms with E-state index in [0.29, 0.717) is 24.3 Å². The monoisotopic (exact) mass is 236 g/mol. The van der Waals surface area contributed by atoms with Crippen LogP contribution in [0.5, 0.6) is 5.75 Å². The third-order valence-corrected chi connectivity index (χ3v) is 3.41. The topological polar surface area (TPSA) is 43.4 Å². The van der Waals surface area contributed by atoms with Gasteiger partial charge in [0.25, 0.3) is 9.05 Å². The third-order valence-electron chi connectivity index (χ3n) is 2.02. The molecule has 0 fully saturated rings. The molecule has 0 saturated carbocycles. The molecule has 0 bridgehead atoms. The number of benzene rings is 1. The molecular formula is C8H6ClFO3S. The minimum absolute atomic E-state index is 0.333. The van der Waals surface area contributed by atoms with Gasteiger partial charge in [-0.1, -0.05) is 0 Å². The van der Waals surface area contributed by atoms with Crippen LogP contribution in [0, 0.1) is 5.82 Å². The van der Waals surface area contributed by atoms with E-state index in [2.05, 4.69) is 0 Å². The summed E-state index contributed by atoms with van der Waals surface area (Å²) >= 11 is 0. The van der Waals surface area contributed by atoms with Crippen LogP contribution in [0.4, 0.5) is 4.39 Å². The first-order valence-electron chi connectivity index (χ1n) is 3.89. The first-order valence-corrected chi connectivity index (χ1v) is 6.20. The molecule has 3 nitrogen and oxygen atoms in total. The summed E-state index contributed by atoms with van der Waals surface area (Å²) in [5.41, 5.74) is 0.333. The number of hydrogen-bond donors (Lipinski definition) is 0. The summed E-state index contributed by atoms with van der Waals surface area (Å²) in [7, 11) is 1.08. The number of hydrogen-bond acceptors (Lipinski definition) is 3. The number of rotatable bonds is 1. The van der Waals surface area contributed by atoms with E-state index in [9.17, 15) is 12.8 Å². The summed E-state index contributed by atoms with van der Waals surface area (Å²) in [5.74, 6) is -0.435. The van der Waals surface area contributed by atoms with Crippen LogP contribution in [0.2, 0.25) is 0 Å². The van der Waals surface area contributed by atoms with Crippen LogP contribution in [0.25, 0.3) is 0 Å². The van der Waals surface area contributed by atoms with Crippen LogP contribution in [-0.4, -0.2) is 15.0 Å². The highest BCUT2D eigenvalue weighted by molar-refractivity contribution is 8.13. The molecule has 0 spiro atoms. The standard InChI is InChI=1S/C8H6ClFO3S/c9-14(11,12)8-5-3-4-13-7(5)2-1-6(8)10/h1-2H,3-4H2. The molecule has 0 amide bonds. The molecule has 0 N–H and O–H groups in total. The van der Waals surface area contributed by atoms with E-state index in [-0.39, 0.29) is 0 Å². The van der Waals surface area contributed by atoms with Gasteiger partial charge in [0.15, 0.2) is 0 Å². The highest BCUT2D eigenvalue weighted by Gasteiger charge is 2.27. The number of halogens is 2. The van der Waals surface area contributed by atoms with Crippen LogP contribution in [0.3, 0.4) is 0 Å². The fourth-order valence-corrected chi connectivity index (χ4v) is 2.78. The Balaban J connectivity index is 2.76. The molecule has 0 saturated heterocycles. The average molecular weight is 237 g/mol. The van der Waals surface area contributed by atoms with Gasteiger partial charge in [-0.3, -0.25) is 0 Å². The number of ether oxygens (including phenoxy) is 1. The Morgan fingerprint density at radius 2 is 2.14 bits per heavy atom. The minimum Gasteiger partial charge on any atom is -0.493 e. The van der Waals surface area contributed by atoms with Crippen molar-refractivity contribution in [2.75, 3.05) is 6.61 Å². The van der Waals surface area contributed by atoms with Crippen molar-refractivity contribution in [3.63, 3.8) is 0 Å². The summed E-state index contributed by atoms with van der Waals surface area (Å²) < 4.78 is 40.5. The molecule has 1 aromatic carbocycles. The zero-order chi connectivity index (χ0) is 10.3. The highest BCUT2D eigenvalue weighted by Crippen LogP contribution is 2.34. The normalized spacial score (nSPS) is 15.0. The molecule has 0 aliphatic carbocycles. The van der Waals surface area contributed by atoms with Gasteiger partial charge in [0.1, 0.15) is 16.5 Å². The first kappa shape index (κ1) is 9.73. The zero-order valence-corrected chi connectivity index (χ0v) is 8.53. The molecule has 0 unspecified atom stereocenters. The molecule has 1 aliphatic heterocycles. The smallest absolute Gasteiger partial charge is 0.264 e. The lowest BCUT2D eigenvalue weighted by molar-refractivity contribution is 0.356. The second kappa shape index (κ2) is 3.10. The van der Waals surface area contributed by atoms with Gasteiger partial charge in [-0.2, -0.15) is 0 Å². The Morgan fingerprint density at radius 1 is 1.43 bits per heavy atom. The van der Waals surface area contributed by atoms with Crippen molar-refractivity contribution in [2.24, 2.45) is 0 Å². The minimum atomic E-state index is -4.04. The fourth-order valence-electron chi connectivity index (χ4n) is 1.48. The van der Waals surface area contributed by atoms with E-state index in [1.807, 2.05) is 0 Å². The van der Waals surface area contributed by atoms with E-state index in [0.717, 1.165) is 6.07 Å². The molecule has 76 valence electrons. The summed E-state index contributed by atoms with van der Waals surface area (Å²) in [5, 5.41) is 0. The van der Waals surface area contributed by atoms with E-state index in [1.165, 1.54) is 6.07 Å². The van der Waals surface area contributed by atoms with Crippen molar-refractivity contribution in [3.05, 3.63) is 23.5 Å². The van der Waals surface area contributed by atoms with Crippen LogP contribution < -0.4 is 4.74 Å². The van der Waals surface area contributed by atoms with Crippen molar-refractivity contribution in [2.45, 2.75) is 11.3 Å². The van der Waals surface area contributed by atoms with Crippen molar-refractivity contribution in [3.8, 4) is 5.75 Å². The second-order valence-corrected chi connectivity index (χ2v) is 5.39. The van der Waals surface area contributed by atoms with Gasteiger partial charge in [0, 0.05) is 22.7 Å². The van der Waals surface area contributed by atoms with Crippen molar-refractivity contribution >= 4 is 19.7 Å². The lowest BCUT2D eigenvalue weighted by atomic mass is 10.2. The lowest BCUT2D eigenvalue weighted by Gasteiger charge is -2.04. The molecule has 1 heterocycles. The summed E-state index contributed by atoms with van der Waals surface area (Å²) in [4.78, 5) is -0.450. The Bertz CT molecular complexity index is 484. The largest absolute Gasteiger partial charge is 0.493 e. The predicted molar refractivity (Wildman–Crippen MR) is 48.6 cm³/mol. The van der Waals surface area contributed by atoms with Gasteiger partial charge in [-0.05, 0) is 12.1 Å². The van der Waals surface area contributed by atoms with Crippen LogP contribution in [-0.2, 0) is 15.5 Å². The molecule has 1 aromatic rings. The maximum atomic E-state index is 13.2. The van der Waals surface area contributed by atoms with Crippen LogP contribution in [0.15, 0.2) is 17.0 Å². The van der Waals surface area contributed by atoms with E-state index >= 15 is 0 Å². The Labute approximate surface area is 84.9 Å². The van der Waals surface area contributed by atoms with Gasteiger partial charge < -0.3 is 4.74 Å². The van der Waals surface area contributed by atoms with Crippen LogP contribution >= 0.6 is 10.7 Å². The van der Waals surface area contributed by atoms with E-state index < -0.39 is 19.8 Å². The lowest BCUT2D eigenvalue weighted by Crippen LogP contribution is -2.00.